The standard InChI is InChI=1S/C20H26N6O2/c1-3-13-6-22-19(23-7-13)26-9-15-14(17-4-5-20(15,11-26)28-17)8-21-18(27)16-10-25(2)12-24-16/h6-7,10,12,14-15,17H,3-5,8-9,11H2,1-2H3,(H,21,27)/t14-,15+,17+,20+/m0/s1. The Morgan fingerprint density at radius 3 is 2.89 bits per heavy atom. The summed E-state index contributed by atoms with van der Waals surface area (Å²) in [6, 6.07) is 0. The van der Waals surface area contributed by atoms with Crippen molar-refractivity contribution >= 4 is 11.9 Å². The Hall–Kier alpha value is -2.48. The van der Waals surface area contributed by atoms with Gasteiger partial charge in [0, 0.05) is 50.6 Å². The second-order valence-electron chi connectivity index (χ2n) is 8.29. The van der Waals surface area contributed by atoms with Crippen LogP contribution in [0.4, 0.5) is 5.95 Å². The van der Waals surface area contributed by atoms with Gasteiger partial charge in [-0.2, -0.15) is 0 Å². The van der Waals surface area contributed by atoms with E-state index in [4.69, 9.17) is 4.74 Å². The van der Waals surface area contributed by atoms with E-state index in [-0.39, 0.29) is 17.6 Å². The number of fused-ring (bicyclic) bond motifs is 1. The Labute approximate surface area is 164 Å². The van der Waals surface area contributed by atoms with Gasteiger partial charge in [-0.05, 0) is 24.8 Å². The first-order valence-electron chi connectivity index (χ1n) is 10.1. The van der Waals surface area contributed by atoms with E-state index in [1.54, 1.807) is 17.1 Å². The van der Waals surface area contributed by atoms with Crippen LogP contribution in [0.15, 0.2) is 24.9 Å². The first kappa shape index (κ1) is 17.6. The molecule has 2 aromatic heterocycles. The van der Waals surface area contributed by atoms with Crippen molar-refractivity contribution in [2.45, 2.75) is 37.9 Å². The molecule has 0 aromatic carbocycles. The van der Waals surface area contributed by atoms with Gasteiger partial charge in [-0.15, -0.1) is 0 Å². The summed E-state index contributed by atoms with van der Waals surface area (Å²) < 4.78 is 8.25. The quantitative estimate of drug-likeness (QED) is 0.836. The summed E-state index contributed by atoms with van der Waals surface area (Å²) in [4.78, 5) is 27.9. The highest BCUT2D eigenvalue weighted by atomic mass is 16.5. The van der Waals surface area contributed by atoms with Crippen molar-refractivity contribution in [1.82, 2.24) is 24.8 Å². The van der Waals surface area contributed by atoms with Gasteiger partial charge in [-0.3, -0.25) is 4.79 Å². The number of nitrogens with one attached hydrogen (secondary N) is 1. The molecular formula is C20H26N6O2. The Balaban J connectivity index is 1.28. The van der Waals surface area contributed by atoms with E-state index < -0.39 is 0 Å². The van der Waals surface area contributed by atoms with Crippen molar-refractivity contribution in [1.29, 1.82) is 0 Å². The van der Waals surface area contributed by atoms with E-state index in [0.717, 1.165) is 43.9 Å². The summed E-state index contributed by atoms with van der Waals surface area (Å²) in [5.74, 6) is 1.38. The maximum absolute atomic E-state index is 12.4. The molecule has 0 unspecified atom stereocenters. The number of carbonyl (C=O) groups is 1. The lowest BCUT2D eigenvalue weighted by Gasteiger charge is -2.29. The molecule has 0 saturated carbocycles. The summed E-state index contributed by atoms with van der Waals surface area (Å²) in [6.07, 6.45) is 10.5. The van der Waals surface area contributed by atoms with E-state index >= 15 is 0 Å². The zero-order chi connectivity index (χ0) is 19.3. The number of imidazole rings is 1. The van der Waals surface area contributed by atoms with Crippen LogP contribution >= 0.6 is 0 Å². The highest BCUT2D eigenvalue weighted by Crippen LogP contribution is 2.54. The fourth-order valence-corrected chi connectivity index (χ4v) is 5.14. The molecule has 3 aliphatic heterocycles. The van der Waals surface area contributed by atoms with Crippen LogP contribution in [0, 0.1) is 11.8 Å². The summed E-state index contributed by atoms with van der Waals surface area (Å²) in [7, 11) is 1.86. The SMILES string of the molecule is CCc1cnc(N2C[C@@H]3[C@H](CNC(=O)c4cn(C)cn4)[C@H]4CC[C@]3(C2)O4)nc1. The number of anilines is 1. The van der Waals surface area contributed by atoms with E-state index in [0.29, 0.717) is 24.1 Å². The number of hydrogen-bond donors (Lipinski definition) is 1. The van der Waals surface area contributed by atoms with Gasteiger partial charge >= 0.3 is 0 Å². The number of carbonyl (C=O) groups excluding carboxylic acids is 1. The predicted octanol–water partition coefficient (Wildman–Crippen LogP) is 1.19. The molecule has 1 amide bonds. The van der Waals surface area contributed by atoms with Crippen LogP contribution in [0.1, 0.15) is 35.8 Å². The number of nitrogens with zero attached hydrogens (tertiary/aromatic N) is 5. The zero-order valence-corrected chi connectivity index (χ0v) is 16.3. The number of hydrogen-bond acceptors (Lipinski definition) is 6. The minimum Gasteiger partial charge on any atom is -0.369 e. The van der Waals surface area contributed by atoms with E-state index in [2.05, 4.69) is 32.1 Å². The van der Waals surface area contributed by atoms with Crippen LogP contribution in [0.2, 0.25) is 0 Å². The molecule has 5 heterocycles. The lowest BCUT2D eigenvalue weighted by atomic mass is 9.73. The van der Waals surface area contributed by atoms with Gasteiger partial charge in [-0.25, -0.2) is 15.0 Å². The van der Waals surface area contributed by atoms with Crippen molar-refractivity contribution in [3.05, 3.63) is 36.2 Å². The van der Waals surface area contributed by atoms with Gasteiger partial charge in [0.1, 0.15) is 5.69 Å². The van der Waals surface area contributed by atoms with E-state index in [1.807, 2.05) is 19.4 Å². The Kier molecular flexibility index (Phi) is 4.12. The third-order valence-corrected chi connectivity index (χ3v) is 6.60. The largest absolute Gasteiger partial charge is 0.369 e. The van der Waals surface area contributed by atoms with E-state index in [1.165, 1.54) is 0 Å². The monoisotopic (exact) mass is 382 g/mol. The molecule has 2 bridgehead atoms. The van der Waals surface area contributed by atoms with Crippen LogP contribution < -0.4 is 10.2 Å². The van der Waals surface area contributed by atoms with Gasteiger partial charge in [0.25, 0.3) is 5.91 Å². The summed E-state index contributed by atoms with van der Waals surface area (Å²) in [6.45, 7) is 4.44. The number of rotatable bonds is 5. The molecule has 1 spiro atoms. The average molecular weight is 382 g/mol. The smallest absolute Gasteiger partial charge is 0.271 e. The third-order valence-electron chi connectivity index (χ3n) is 6.60. The van der Waals surface area contributed by atoms with Crippen molar-refractivity contribution < 1.29 is 9.53 Å². The molecule has 3 fully saturated rings. The normalized spacial score (nSPS) is 30.6. The van der Waals surface area contributed by atoms with Crippen molar-refractivity contribution in [2.24, 2.45) is 18.9 Å². The molecule has 2 aromatic rings. The van der Waals surface area contributed by atoms with Crippen LogP contribution in [-0.4, -0.2) is 56.8 Å². The molecule has 28 heavy (non-hydrogen) atoms. The number of amides is 1. The summed E-state index contributed by atoms with van der Waals surface area (Å²) in [5.41, 5.74) is 1.49. The van der Waals surface area contributed by atoms with Gasteiger partial charge in [0.2, 0.25) is 5.95 Å². The Morgan fingerprint density at radius 1 is 1.36 bits per heavy atom. The Bertz CT molecular complexity index is 881. The molecule has 3 saturated heterocycles. The maximum atomic E-state index is 12.4. The van der Waals surface area contributed by atoms with Crippen LogP contribution in [0.5, 0.6) is 0 Å². The molecule has 3 aliphatic rings. The number of aryl methyl sites for hydroxylation is 2. The molecule has 0 aliphatic carbocycles. The number of aromatic nitrogens is 4. The van der Waals surface area contributed by atoms with Crippen molar-refractivity contribution in [2.75, 3.05) is 24.5 Å². The lowest BCUT2D eigenvalue weighted by molar-refractivity contribution is 0.0141. The fourth-order valence-electron chi connectivity index (χ4n) is 5.14. The molecule has 1 N–H and O–H groups in total. The van der Waals surface area contributed by atoms with E-state index in [9.17, 15) is 4.79 Å². The van der Waals surface area contributed by atoms with Gasteiger partial charge in [-0.1, -0.05) is 6.92 Å². The highest BCUT2D eigenvalue weighted by molar-refractivity contribution is 5.92. The summed E-state index contributed by atoms with van der Waals surface area (Å²) >= 11 is 0. The first-order chi connectivity index (χ1) is 13.6. The minimum absolute atomic E-state index is 0.113. The van der Waals surface area contributed by atoms with Gasteiger partial charge in [0.05, 0.1) is 24.6 Å². The predicted molar refractivity (Wildman–Crippen MR) is 103 cm³/mol. The average Bonchev–Trinajstić information content (AvgIpc) is 3.46. The molecule has 8 nitrogen and oxygen atoms in total. The zero-order valence-electron chi connectivity index (χ0n) is 16.3. The molecule has 148 valence electrons. The fraction of sp³-hybridized carbons (Fsp3) is 0.600. The van der Waals surface area contributed by atoms with Gasteiger partial charge in [0.15, 0.2) is 0 Å². The van der Waals surface area contributed by atoms with Crippen LogP contribution in [-0.2, 0) is 18.2 Å². The van der Waals surface area contributed by atoms with Gasteiger partial charge < -0.3 is 19.5 Å². The molecule has 8 heteroatoms. The molecule has 4 atom stereocenters. The molecule has 0 radical (unpaired) electrons. The second kappa shape index (κ2) is 6.55. The topological polar surface area (TPSA) is 85.2 Å². The minimum atomic E-state index is -0.120. The third kappa shape index (κ3) is 2.78. The van der Waals surface area contributed by atoms with Crippen LogP contribution in [0.3, 0.4) is 0 Å². The van der Waals surface area contributed by atoms with Crippen LogP contribution in [0.25, 0.3) is 0 Å². The number of ether oxygens (including phenoxy) is 1. The van der Waals surface area contributed by atoms with Crippen molar-refractivity contribution in [3.63, 3.8) is 0 Å². The first-order valence-corrected chi connectivity index (χ1v) is 10.1. The van der Waals surface area contributed by atoms with Crippen molar-refractivity contribution in [3.8, 4) is 0 Å². The maximum Gasteiger partial charge on any atom is 0.271 e. The molecular weight excluding hydrogens is 356 g/mol. The summed E-state index contributed by atoms with van der Waals surface area (Å²) in [5, 5.41) is 3.07. The lowest BCUT2D eigenvalue weighted by Crippen LogP contribution is -2.42. The Morgan fingerprint density at radius 2 is 2.18 bits per heavy atom. The highest BCUT2D eigenvalue weighted by Gasteiger charge is 2.63. The second-order valence-corrected chi connectivity index (χ2v) is 8.29. The molecule has 5 rings (SSSR count).